The quantitative estimate of drug-likeness (QED) is 0.739. The Morgan fingerprint density at radius 2 is 1.92 bits per heavy atom. The number of aryl methyl sites for hydroxylation is 1. The Morgan fingerprint density at radius 3 is 2.80 bits per heavy atom. The molecule has 0 atom stereocenters. The van der Waals surface area contributed by atoms with Crippen molar-refractivity contribution < 1.29 is 9.53 Å². The van der Waals surface area contributed by atoms with E-state index in [1.54, 1.807) is 36.3 Å². The molecule has 1 amide bonds. The molecule has 2 heterocycles. The molecule has 0 unspecified atom stereocenters. The van der Waals surface area contributed by atoms with Gasteiger partial charge in [0.15, 0.2) is 6.61 Å². The maximum absolute atomic E-state index is 12.6. The Kier molecular flexibility index (Phi) is 3.76. The molecule has 25 heavy (non-hydrogen) atoms. The first-order valence-corrected chi connectivity index (χ1v) is 8.24. The van der Waals surface area contributed by atoms with E-state index in [-0.39, 0.29) is 18.1 Å². The van der Waals surface area contributed by atoms with E-state index in [0.717, 1.165) is 17.5 Å². The van der Waals surface area contributed by atoms with E-state index in [9.17, 15) is 9.59 Å². The molecule has 3 aromatic rings. The number of aromatic nitrogens is 1. The number of hydrogen-bond donors (Lipinski definition) is 0. The average molecular weight is 334 g/mol. The number of pyridine rings is 1. The van der Waals surface area contributed by atoms with Crippen molar-refractivity contribution in [2.75, 3.05) is 18.1 Å². The van der Waals surface area contributed by atoms with Gasteiger partial charge in [-0.15, -0.1) is 0 Å². The van der Waals surface area contributed by atoms with Gasteiger partial charge in [0.25, 0.3) is 11.5 Å². The molecule has 0 spiro atoms. The second-order valence-corrected chi connectivity index (χ2v) is 6.16. The van der Waals surface area contributed by atoms with Gasteiger partial charge in [-0.05, 0) is 36.2 Å². The van der Waals surface area contributed by atoms with Crippen LogP contribution in [0.1, 0.15) is 5.56 Å². The summed E-state index contributed by atoms with van der Waals surface area (Å²) in [6, 6.07) is 15.1. The lowest BCUT2D eigenvalue weighted by Crippen LogP contribution is -2.33. The van der Waals surface area contributed by atoms with Crippen LogP contribution in [0, 0.1) is 0 Å². The van der Waals surface area contributed by atoms with Gasteiger partial charge in [0.05, 0.1) is 5.39 Å². The maximum atomic E-state index is 12.6. The molecule has 0 N–H and O–H groups in total. The highest BCUT2D eigenvalue weighted by molar-refractivity contribution is 5.97. The number of rotatable bonds is 3. The topological polar surface area (TPSA) is 51.5 Å². The standard InChI is InChI=1S/C20H18N2O3/c1-21-11-10-15-16(20(21)24)6-4-8-18(15)25-13-19(23)22-12-9-14-5-2-3-7-17(14)22/h2-8,10-11H,9,12-13H2,1H3. The molecule has 0 fully saturated rings. The number of ether oxygens (including phenoxy) is 1. The molecule has 126 valence electrons. The van der Waals surface area contributed by atoms with Gasteiger partial charge >= 0.3 is 0 Å². The normalized spacial score (nSPS) is 13.1. The highest BCUT2D eigenvalue weighted by atomic mass is 16.5. The third-order valence-electron chi connectivity index (χ3n) is 4.62. The summed E-state index contributed by atoms with van der Waals surface area (Å²) in [7, 11) is 1.71. The van der Waals surface area contributed by atoms with Gasteiger partial charge in [0.2, 0.25) is 0 Å². The summed E-state index contributed by atoms with van der Waals surface area (Å²) >= 11 is 0. The Bertz CT molecular complexity index is 1020. The van der Waals surface area contributed by atoms with Gasteiger partial charge in [-0.25, -0.2) is 0 Å². The summed E-state index contributed by atoms with van der Waals surface area (Å²) in [5.41, 5.74) is 2.06. The van der Waals surface area contributed by atoms with Crippen molar-refractivity contribution in [1.29, 1.82) is 0 Å². The number of carbonyl (C=O) groups excluding carboxylic acids is 1. The summed E-state index contributed by atoms with van der Waals surface area (Å²) in [6.07, 6.45) is 2.57. The summed E-state index contributed by atoms with van der Waals surface area (Å²) in [6.45, 7) is 0.625. The zero-order chi connectivity index (χ0) is 17.4. The first-order valence-electron chi connectivity index (χ1n) is 8.24. The number of amides is 1. The summed E-state index contributed by atoms with van der Waals surface area (Å²) < 4.78 is 7.29. The number of carbonyl (C=O) groups is 1. The molecule has 0 aliphatic carbocycles. The van der Waals surface area contributed by atoms with Crippen LogP contribution in [-0.4, -0.2) is 23.6 Å². The van der Waals surface area contributed by atoms with Crippen LogP contribution < -0.4 is 15.2 Å². The van der Waals surface area contributed by atoms with Crippen molar-refractivity contribution in [2.24, 2.45) is 7.05 Å². The van der Waals surface area contributed by atoms with Crippen molar-refractivity contribution in [2.45, 2.75) is 6.42 Å². The molecule has 0 saturated carbocycles. The molecular weight excluding hydrogens is 316 g/mol. The number of hydrogen-bond acceptors (Lipinski definition) is 3. The minimum atomic E-state index is -0.0808. The zero-order valence-corrected chi connectivity index (χ0v) is 13.9. The smallest absolute Gasteiger partial charge is 0.264 e. The lowest BCUT2D eigenvalue weighted by Gasteiger charge is -2.18. The lowest BCUT2D eigenvalue weighted by atomic mass is 10.1. The van der Waals surface area contributed by atoms with Crippen LogP contribution in [0.15, 0.2) is 59.5 Å². The predicted octanol–water partition coefficient (Wildman–Crippen LogP) is 2.51. The number of fused-ring (bicyclic) bond motifs is 2. The Morgan fingerprint density at radius 1 is 1.08 bits per heavy atom. The lowest BCUT2D eigenvalue weighted by molar-refractivity contribution is -0.120. The maximum Gasteiger partial charge on any atom is 0.264 e. The van der Waals surface area contributed by atoms with Crippen molar-refractivity contribution in [3.8, 4) is 5.75 Å². The second kappa shape index (κ2) is 6.09. The van der Waals surface area contributed by atoms with Crippen LogP contribution in [0.25, 0.3) is 10.8 Å². The van der Waals surface area contributed by atoms with E-state index in [0.29, 0.717) is 17.7 Å². The van der Waals surface area contributed by atoms with Crippen LogP contribution in [0.3, 0.4) is 0 Å². The van der Waals surface area contributed by atoms with Gasteiger partial charge in [0.1, 0.15) is 5.75 Å². The molecule has 5 nitrogen and oxygen atoms in total. The third-order valence-corrected chi connectivity index (χ3v) is 4.62. The van der Waals surface area contributed by atoms with E-state index in [1.165, 1.54) is 10.1 Å². The Balaban J connectivity index is 1.56. The van der Waals surface area contributed by atoms with Crippen molar-refractivity contribution in [3.05, 3.63) is 70.6 Å². The number of anilines is 1. The van der Waals surface area contributed by atoms with Crippen LogP contribution >= 0.6 is 0 Å². The highest BCUT2D eigenvalue weighted by Gasteiger charge is 2.24. The van der Waals surface area contributed by atoms with Gasteiger partial charge in [-0.2, -0.15) is 0 Å². The third kappa shape index (κ3) is 2.67. The molecular formula is C20H18N2O3. The highest BCUT2D eigenvalue weighted by Crippen LogP contribution is 2.28. The van der Waals surface area contributed by atoms with Crippen LogP contribution in [0.2, 0.25) is 0 Å². The predicted molar refractivity (Wildman–Crippen MR) is 97.2 cm³/mol. The van der Waals surface area contributed by atoms with Crippen molar-refractivity contribution in [3.63, 3.8) is 0 Å². The number of nitrogens with zero attached hydrogens (tertiary/aromatic N) is 2. The first-order chi connectivity index (χ1) is 12.1. The van der Waals surface area contributed by atoms with E-state index < -0.39 is 0 Å². The molecule has 0 saturated heterocycles. The monoisotopic (exact) mass is 334 g/mol. The second-order valence-electron chi connectivity index (χ2n) is 6.16. The van der Waals surface area contributed by atoms with Gasteiger partial charge in [-0.3, -0.25) is 9.59 Å². The van der Waals surface area contributed by atoms with E-state index in [2.05, 4.69) is 0 Å². The van der Waals surface area contributed by atoms with E-state index >= 15 is 0 Å². The van der Waals surface area contributed by atoms with Crippen LogP contribution in [0.4, 0.5) is 5.69 Å². The van der Waals surface area contributed by atoms with Crippen molar-refractivity contribution in [1.82, 2.24) is 4.57 Å². The van der Waals surface area contributed by atoms with Gasteiger partial charge < -0.3 is 14.2 Å². The van der Waals surface area contributed by atoms with Crippen LogP contribution in [-0.2, 0) is 18.3 Å². The minimum absolute atomic E-state index is 0.0529. The fourth-order valence-corrected chi connectivity index (χ4v) is 3.29. The Hall–Kier alpha value is -3.08. The molecule has 0 bridgehead atoms. The molecule has 5 heteroatoms. The van der Waals surface area contributed by atoms with Gasteiger partial charge in [0, 0.05) is 30.9 Å². The summed E-state index contributed by atoms with van der Waals surface area (Å²) in [4.78, 5) is 26.5. The SMILES string of the molecule is Cn1ccc2c(OCC(=O)N3CCc4ccccc43)cccc2c1=O. The molecule has 1 aliphatic heterocycles. The molecule has 1 aliphatic rings. The van der Waals surface area contributed by atoms with Crippen molar-refractivity contribution >= 4 is 22.4 Å². The first kappa shape index (κ1) is 15.4. The van der Waals surface area contributed by atoms with Gasteiger partial charge in [-0.1, -0.05) is 24.3 Å². The largest absolute Gasteiger partial charge is 0.483 e. The number of para-hydroxylation sites is 1. The molecule has 4 rings (SSSR count). The fourth-order valence-electron chi connectivity index (χ4n) is 3.29. The van der Waals surface area contributed by atoms with Crippen LogP contribution in [0.5, 0.6) is 5.75 Å². The summed E-state index contributed by atoms with van der Waals surface area (Å²) in [5.74, 6) is 0.474. The zero-order valence-electron chi connectivity index (χ0n) is 13.9. The summed E-state index contributed by atoms with van der Waals surface area (Å²) in [5, 5.41) is 1.31. The molecule has 1 aromatic heterocycles. The minimum Gasteiger partial charge on any atom is -0.483 e. The number of benzene rings is 2. The fraction of sp³-hybridized carbons (Fsp3) is 0.200. The van der Waals surface area contributed by atoms with E-state index in [4.69, 9.17) is 4.74 Å². The molecule has 2 aromatic carbocycles. The molecule has 0 radical (unpaired) electrons. The van der Waals surface area contributed by atoms with E-state index in [1.807, 2.05) is 30.3 Å². The Labute approximate surface area is 145 Å². The average Bonchev–Trinajstić information content (AvgIpc) is 3.07.